The van der Waals surface area contributed by atoms with Gasteiger partial charge in [-0.25, -0.2) is 0 Å². The van der Waals surface area contributed by atoms with Crippen LogP contribution in [-0.4, -0.2) is 47.9 Å². The quantitative estimate of drug-likeness (QED) is 0.105. The number of benzene rings is 4. The summed E-state index contributed by atoms with van der Waals surface area (Å²) in [4.78, 5) is 0. The van der Waals surface area contributed by atoms with E-state index in [1.165, 1.54) is 0 Å². The van der Waals surface area contributed by atoms with E-state index in [9.17, 15) is 5.21 Å². The minimum absolute atomic E-state index is 0.0434. The predicted octanol–water partition coefficient (Wildman–Crippen LogP) is 6.29. The molecule has 216 valence electrons. The van der Waals surface area contributed by atoms with E-state index in [-0.39, 0.29) is 12.3 Å². The van der Waals surface area contributed by atoms with Crippen LogP contribution in [0.15, 0.2) is 126 Å². The van der Waals surface area contributed by atoms with Crippen molar-refractivity contribution in [1.29, 1.82) is 0 Å². The number of rotatable bonds is 10. The van der Waals surface area contributed by atoms with Crippen molar-refractivity contribution in [1.82, 2.24) is 0 Å². The Morgan fingerprint density at radius 3 is 1.71 bits per heavy atom. The van der Waals surface area contributed by atoms with Crippen LogP contribution in [0.5, 0.6) is 0 Å². The summed E-state index contributed by atoms with van der Waals surface area (Å²) >= 11 is 0. The summed E-state index contributed by atoms with van der Waals surface area (Å²) in [6, 6.07) is 40.0. The highest BCUT2D eigenvalue weighted by Gasteiger charge is 2.57. The molecule has 7 nitrogen and oxygen atoms in total. The zero-order chi connectivity index (χ0) is 29.0. The molecule has 7 heteroatoms. The minimum atomic E-state index is -0.993. The van der Waals surface area contributed by atoms with Crippen molar-refractivity contribution in [2.24, 2.45) is 5.16 Å². The topological polar surface area (TPSA) is 78.7 Å². The maximum atomic E-state index is 10.3. The molecule has 6 rings (SSSR count). The second-order valence-corrected chi connectivity index (χ2v) is 10.9. The normalized spacial score (nSPS) is 23.5. The summed E-state index contributed by atoms with van der Waals surface area (Å²) < 4.78 is 31.9. The van der Waals surface area contributed by atoms with Crippen molar-refractivity contribution in [3.63, 3.8) is 0 Å². The maximum absolute atomic E-state index is 10.3. The zero-order valence-electron chi connectivity index (χ0n) is 23.7. The van der Waals surface area contributed by atoms with E-state index < -0.39 is 36.0 Å². The van der Waals surface area contributed by atoms with Crippen LogP contribution < -0.4 is 0 Å². The number of fused-ring (bicyclic) bond motifs is 1. The van der Waals surface area contributed by atoms with E-state index >= 15 is 0 Å². The molecule has 0 amide bonds. The van der Waals surface area contributed by atoms with E-state index in [2.05, 4.69) is 5.16 Å². The fourth-order valence-corrected chi connectivity index (χ4v) is 5.83. The van der Waals surface area contributed by atoms with Crippen LogP contribution in [0.3, 0.4) is 0 Å². The van der Waals surface area contributed by atoms with Crippen LogP contribution in [-0.2, 0) is 35.9 Å². The molecule has 4 unspecified atom stereocenters. The Balaban J connectivity index is 1.31. The highest BCUT2D eigenvalue weighted by Crippen LogP contribution is 2.42. The Bertz CT molecular complexity index is 1370. The summed E-state index contributed by atoms with van der Waals surface area (Å²) in [6.45, 7) is 4.01. The second-order valence-electron chi connectivity index (χ2n) is 10.9. The van der Waals surface area contributed by atoms with Gasteiger partial charge < -0.3 is 28.9 Å². The molecule has 2 fully saturated rings. The van der Waals surface area contributed by atoms with Crippen LogP contribution in [0.1, 0.15) is 36.1 Å². The monoisotopic (exact) mass is 565 g/mol. The number of nitrogens with zero attached hydrogens (tertiary/aromatic N) is 1. The molecule has 0 saturated carbocycles. The Hall–Kier alpha value is -3.85. The van der Waals surface area contributed by atoms with Crippen LogP contribution in [0.25, 0.3) is 0 Å². The molecule has 2 heterocycles. The Kier molecular flexibility index (Phi) is 8.20. The van der Waals surface area contributed by atoms with Gasteiger partial charge in [0.15, 0.2) is 12.1 Å². The van der Waals surface area contributed by atoms with Gasteiger partial charge in [0.2, 0.25) is 0 Å². The van der Waals surface area contributed by atoms with Crippen molar-refractivity contribution in [3.8, 4) is 0 Å². The molecule has 4 aromatic rings. The van der Waals surface area contributed by atoms with E-state index in [0.29, 0.717) is 6.61 Å². The molecule has 0 aliphatic carbocycles. The first kappa shape index (κ1) is 28.3. The molecule has 42 heavy (non-hydrogen) atoms. The average molecular weight is 566 g/mol. The number of oxime groups is 1. The molecule has 4 aromatic carbocycles. The van der Waals surface area contributed by atoms with Gasteiger partial charge in [0.25, 0.3) is 0 Å². The SMILES string of the molecule is CC1(C)OC2C(OCc3ccccc3)OC(C(COC(c3ccccc3)(c3ccccc3)c3ccccc3)=NO)C2O1. The lowest BCUT2D eigenvalue weighted by Crippen LogP contribution is -2.41. The third kappa shape index (κ3) is 5.62. The Labute approximate surface area is 246 Å². The van der Waals surface area contributed by atoms with Crippen LogP contribution in [0.2, 0.25) is 0 Å². The molecular formula is C35H35NO6. The number of hydrogen-bond acceptors (Lipinski definition) is 7. The molecule has 0 bridgehead atoms. The van der Waals surface area contributed by atoms with E-state index in [0.717, 1.165) is 22.3 Å². The predicted molar refractivity (Wildman–Crippen MR) is 158 cm³/mol. The van der Waals surface area contributed by atoms with E-state index in [4.69, 9.17) is 23.7 Å². The van der Waals surface area contributed by atoms with Gasteiger partial charge in [-0.15, -0.1) is 0 Å². The van der Waals surface area contributed by atoms with E-state index in [1.807, 2.05) is 135 Å². The highest BCUT2D eigenvalue weighted by molar-refractivity contribution is 5.90. The van der Waals surface area contributed by atoms with Crippen molar-refractivity contribution >= 4 is 5.71 Å². The van der Waals surface area contributed by atoms with Crippen molar-refractivity contribution in [3.05, 3.63) is 144 Å². The first-order valence-electron chi connectivity index (χ1n) is 14.2. The molecule has 4 atom stereocenters. The van der Waals surface area contributed by atoms with Gasteiger partial charge in [-0.2, -0.15) is 0 Å². The second kappa shape index (κ2) is 12.2. The van der Waals surface area contributed by atoms with Gasteiger partial charge in [-0.1, -0.05) is 126 Å². The van der Waals surface area contributed by atoms with Gasteiger partial charge >= 0.3 is 0 Å². The lowest BCUT2D eigenvalue weighted by atomic mass is 9.80. The first-order chi connectivity index (χ1) is 20.5. The largest absolute Gasteiger partial charge is 0.411 e. The lowest BCUT2D eigenvalue weighted by molar-refractivity contribution is -0.229. The van der Waals surface area contributed by atoms with Gasteiger partial charge in [0.05, 0.1) is 13.2 Å². The molecule has 2 saturated heterocycles. The van der Waals surface area contributed by atoms with E-state index in [1.54, 1.807) is 0 Å². The summed E-state index contributed by atoms with van der Waals surface area (Å²) in [5.74, 6) is -0.852. The van der Waals surface area contributed by atoms with Crippen molar-refractivity contribution in [2.45, 2.75) is 56.4 Å². The smallest absolute Gasteiger partial charge is 0.187 e. The van der Waals surface area contributed by atoms with Crippen LogP contribution in [0, 0.1) is 0 Å². The zero-order valence-corrected chi connectivity index (χ0v) is 23.7. The summed E-state index contributed by atoms with van der Waals surface area (Å²) in [5, 5.41) is 14.0. The third-order valence-electron chi connectivity index (χ3n) is 7.70. The number of hydrogen-bond donors (Lipinski definition) is 1. The molecule has 2 aliphatic rings. The van der Waals surface area contributed by atoms with Gasteiger partial charge in [0, 0.05) is 0 Å². The Morgan fingerprint density at radius 2 is 1.21 bits per heavy atom. The summed E-state index contributed by atoms with van der Waals surface area (Å²) in [7, 11) is 0. The minimum Gasteiger partial charge on any atom is -0.411 e. The Morgan fingerprint density at radius 1 is 0.738 bits per heavy atom. The highest BCUT2D eigenvalue weighted by atomic mass is 16.8. The molecule has 0 aromatic heterocycles. The summed E-state index contributed by atoms with van der Waals surface area (Å²) in [6.07, 6.45) is -2.52. The fraction of sp³-hybridized carbons (Fsp3) is 0.286. The van der Waals surface area contributed by atoms with Gasteiger partial charge in [0.1, 0.15) is 29.6 Å². The average Bonchev–Trinajstić information content (AvgIpc) is 3.53. The molecule has 1 N–H and O–H groups in total. The molecular weight excluding hydrogens is 530 g/mol. The summed E-state index contributed by atoms with van der Waals surface area (Å²) in [5.41, 5.74) is 3.12. The number of ether oxygens (including phenoxy) is 5. The van der Waals surface area contributed by atoms with Crippen molar-refractivity contribution < 1.29 is 28.9 Å². The molecule has 0 radical (unpaired) electrons. The molecule has 0 spiro atoms. The standard InChI is InChI=1S/C35H35NO6/c1-34(2)41-31-30(40-33(32(31)42-34)38-23-25-15-7-3-8-16-25)29(36-37)24-39-35(26-17-9-4-10-18-26,27-19-11-5-12-20-27)28-21-13-6-14-22-28/h3-22,30-33,37H,23-24H2,1-2H3. The van der Waals surface area contributed by atoms with Crippen LogP contribution >= 0.6 is 0 Å². The first-order valence-corrected chi connectivity index (χ1v) is 14.2. The fourth-order valence-electron chi connectivity index (χ4n) is 5.83. The van der Waals surface area contributed by atoms with Gasteiger partial charge in [-0.3, -0.25) is 0 Å². The van der Waals surface area contributed by atoms with Crippen molar-refractivity contribution in [2.75, 3.05) is 6.61 Å². The van der Waals surface area contributed by atoms with Crippen LogP contribution in [0.4, 0.5) is 0 Å². The third-order valence-corrected chi connectivity index (χ3v) is 7.70. The lowest BCUT2D eigenvalue weighted by Gasteiger charge is -2.36. The molecule has 2 aliphatic heterocycles. The van der Waals surface area contributed by atoms with Gasteiger partial charge in [-0.05, 0) is 36.1 Å². The maximum Gasteiger partial charge on any atom is 0.187 e.